The van der Waals surface area contributed by atoms with Crippen LogP contribution in [0.5, 0.6) is 5.75 Å². The van der Waals surface area contributed by atoms with Gasteiger partial charge in [-0.05, 0) is 54.6 Å². The molecule has 27 heavy (non-hydrogen) atoms. The fraction of sp³-hybridized carbons (Fsp3) is 0. The van der Waals surface area contributed by atoms with Gasteiger partial charge in [0.2, 0.25) is 11.8 Å². The second kappa shape index (κ2) is 7.48. The summed E-state index contributed by atoms with van der Waals surface area (Å²) < 4.78 is 6.67. The van der Waals surface area contributed by atoms with Crippen LogP contribution in [0.3, 0.4) is 0 Å². The summed E-state index contributed by atoms with van der Waals surface area (Å²) in [7, 11) is 0. The Labute approximate surface area is 164 Å². The number of benzene rings is 3. The smallest absolute Gasteiger partial charge is 0.248 e. The first-order valence-corrected chi connectivity index (χ1v) is 8.98. The summed E-state index contributed by atoms with van der Waals surface area (Å²) in [4.78, 5) is 0. The average Bonchev–Trinajstić information content (AvgIpc) is 3.18. The average molecular weight is 417 g/mol. The Balaban J connectivity index is 1.66. The normalized spacial score (nSPS) is 10.3. The Morgan fingerprint density at radius 2 is 1.41 bits per heavy atom. The largest absolute Gasteiger partial charge is 0.508 e. The highest BCUT2D eigenvalue weighted by Crippen LogP contribution is 2.27. The number of aromatic nitrogens is 2. The third kappa shape index (κ3) is 4.08. The Bertz CT molecular complexity index is 1140. The highest BCUT2D eigenvalue weighted by molar-refractivity contribution is 9.10. The highest BCUT2D eigenvalue weighted by Gasteiger charge is 2.11. The van der Waals surface area contributed by atoms with Gasteiger partial charge in [-0.2, -0.15) is 0 Å². The summed E-state index contributed by atoms with van der Waals surface area (Å²) in [6, 6.07) is 22.2. The third-order valence-electron chi connectivity index (χ3n) is 3.81. The fourth-order valence-corrected chi connectivity index (χ4v) is 3.00. The second-order valence-corrected chi connectivity index (χ2v) is 6.72. The molecule has 0 radical (unpaired) electrons. The molecule has 0 saturated carbocycles. The molecule has 0 bridgehead atoms. The summed E-state index contributed by atoms with van der Waals surface area (Å²) in [6.45, 7) is 0. The third-order valence-corrected chi connectivity index (χ3v) is 4.27. The van der Waals surface area contributed by atoms with Crippen LogP contribution in [0.25, 0.3) is 22.9 Å². The van der Waals surface area contributed by atoms with E-state index in [0.29, 0.717) is 11.8 Å². The predicted octanol–water partition coefficient (Wildman–Crippen LogP) is 5.27. The van der Waals surface area contributed by atoms with Gasteiger partial charge >= 0.3 is 0 Å². The number of phenolic OH excluding ortho intramolecular Hbond substituents is 1. The number of aromatic hydroxyl groups is 1. The molecule has 3 aromatic carbocycles. The summed E-state index contributed by atoms with van der Waals surface area (Å²) >= 11 is 3.51. The molecule has 130 valence electrons. The van der Waals surface area contributed by atoms with Crippen LogP contribution >= 0.6 is 15.9 Å². The molecule has 0 spiro atoms. The molecule has 4 nitrogen and oxygen atoms in total. The van der Waals surface area contributed by atoms with E-state index in [1.54, 1.807) is 24.3 Å². The van der Waals surface area contributed by atoms with Gasteiger partial charge in [0.05, 0.1) is 0 Å². The molecular weight excluding hydrogens is 404 g/mol. The van der Waals surface area contributed by atoms with Crippen LogP contribution in [0.2, 0.25) is 0 Å². The molecule has 5 heteroatoms. The van der Waals surface area contributed by atoms with E-state index in [2.05, 4.69) is 38.0 Å². The van der Waals surface area contributed by atoms with E-state index < -0.39 is 0 Å². The Morgan fingerprint density at radius 3 is 2.15 bits per heavy atom. The molecule has 1 aromatic heterocycles. The molecule has 4 rings (SSSR count). The van der Waals surface area contributed by atoms with Gasteiger partial charge < -0.3 is 9.52 Å². The van der Waals surface area contributed by atoms with Crippen molar-refractivity contribution in [3.05, 3.63) is 88.4 Å². The Morgan fingerprint density at radius 1 is 0.741 bits per heavy atom. The van der Waals surface area contributed by atoms with Crippen molar-refractivity contribution in [1.29, 1.82) is 0 Å². The van der Waals surface area contributed by atoms with Crippen molar-refractivity contribution in [2.24, 2.45) is 0 Å². The maximum Gasteiger partial charge on any atom is 0.248 e. The molecule has 0 amide bonds. The molecule has 0 aliphatic carbocycles. The van der Waals surface area contributed by atoms with Crippen LogP contribution in [-0.2, 0) is 0 Å². The van der Waals surface area contributed by atoms with E-state index in [9.17, 15) is 5.11 Å². The fourth-order valence-electron chi connectivity index (χ4n) is 2.51. The first kappa shape index (κ1) is 17.1. The van der Waals surface area contributed by atoms with Gasteiger partial charge in [0, 0.05) is 26.7 Å². The van der Waals surface area contributed by atoms with Crippen LogP contribution in [0.4, 0.5) is 0 Å². The van der Waals surface area contributed by atoms with Crippen LogP contribution in [0, 0.1) is 11.8 Å². The van der Waals surface area contributed by atoms with Gasteiger partial charge in [-0.25, -0.2) is 0 Å². The lowest BCUT2D eigenvalue weighted by Gasteiger charge is -1.99. The Hall–Kier alpha value is -3.36. The van der Waals surface area contributed by atoms with Crippen molar-refractivity contribution in [3.63, 3.8) is 0 Å². The zero-order valence-electron chi connectivity index (χ0n) is 14.1. The minimum atomic E-state index is 0.187. The molecular formula is C22H13BrN2O2. The first-order chi connectivity index (χ1) is 13.2. The standard InChI is InChI=1S/C22H13BrN2O2/c23-19-13-16(7-6-15-4-2-1-3-5-15)12-18(14-19)22-25-24-21(27-22)17-8-10-20(26)11-9-17/h1-5,8-14,26H. The van der Waals surface area contributed by atoms with Crippen LogP contribution in [0.15, 0.2) is 81.7 Å². The van der Waals surface area contributed by atoms with Crippen molar-refractivity contribution >= 4 is 15.9 Å². The number of halogens is 1. The first-order valence-electron chi connectivity index (χ1n) is 8.18. The quantitative estimate of drug-likeness (QED) is 0.452. The van der Waals surface area contributed by atoms with Crippen LogP contribution in [0.1, 0.15) is 11.1 Å². The van der Waals surface area contributed by atoms with E-state index in [-0.39, 0.29) is 5.75 Å². The molecule has 4 aromatic rings. The molecule has 1 heterocycles. The van der Waals surface area contributed by atoms with Crippen LogP contribution < -0.4 is 0 Å². The zero-order chi connectivity index (χ0) is 18.6. The van der Waals surface area contributed by atoms with E-state index in [4.69, 9.17) is 4.42 Å². The van der Waals surface area contributed by atoms with Gasteiger partial charge in [0.25, 0.3) is 0 Å². The van der Waals surface area contributed by atoms with Gasteiger partial charge in [0.15, 0.2) is 0 Å². The zero-order valence-corrected chi connectivity index (χ0v) is 15.6. The molecule has 0 unspecified atom stereocenters. The molecule has 0 saturated heterocycles. The maximum absolute atomic E-state index is 9.40. The number of hydrogen-bond acceptors (Lipinski definition) is 4. The summed E-state index contributed by atoms with van der Waals surface area (Å²) in [5.74, 6) is 7.28. The maximum atomic E-state index is 9.40. The van der Waals surface area contributed by atoms with Gasteiger partial charge in [0.1, 0.15) is 5.75 Å². The van der Waals surface area contributed by atoms with Crippen LogP contribution in [-0.4, -0.2) is 15.3 Å². The highest BCUT2D eigenvalue weighted by atomic mass is 79.9. The number of nitrogens with zero attached hydrogens (tertiary/aromatic N) is 2. The molecule has 0 aliphatic heterocycles. The minimum Gasteiger partial charge on any atom is -0.508 e. The summed E-state index contributed by atoms with van der Waals surface area (Å²) in [5.41, 5.74) is 3.31. The lowest BCUT2D eigenvalue weighted by atomic mass is 10.1. The van der Waals surface area contributed by atoms with E-state index >= 15 is 0 Å². The lowest BCUT2D eigenvalue weighted by molar-refractivity contribution is 0.475. The SMILES string of the molecule is Oc1ccc(-c2nnc(-c3cc(Br)cc(C#Cc4ccccc4)c3)o2)cc1. The molecule has 0 aliphatic rings. The van der Waals surface area contributed by atoms with Gasteiger partial charge in [-0.3, -0.25) is 0 Å². The van der Waals surface area contributed by atoms with Crippen molar-refractivity contribution in [2.45, 2.75) is 0 Å². The van der Waals surface area contributed by atoms with Crippen molar-refractivity contribution < 1.29 is 9.52 Å². The van der Waals surface area contributed by atoms with Crippen molar-refractivity contribution in [3.8, 4) is 40.5 Å². The van der Waals surface area contributed by atoms with E-state index in [0.717, 1.165) is 26.7 Å². The Kier molecular flexibility index (Phi) is 4.73. The number of rotatable bonds is 2. The van der Waals surface area contributed by atoms with Gasteiger partial charge in [-0.15, -0.1) is 10.2 Å². The van der Waals surface area contributed by atoms with E-state index in [1.807, 2.05) is 48.5 Å². The van der Waals surface area contributed by atoms with Gasteiger partial charge in [-0.1, -0.05) is 46.0 Å². The number of hydrogen-bond donors (Lipinski definition) is 1. The molecule has 0 fully saturated rings. The van der Waals surface area contributed by atoms with Crippen molar-refractivity contribution in [1.82, 2.24) is 10.2 Å². The second-order valence-electron chi connectivity index (χ2n) is 5.80. The topological polar surface area (TPSA) is 59.2 Å². The molecule has 0 atom stereocenters. The summed E-state index contributed by atoms with van der Waals surface area (Å²) in [5, 5.41) is 17.6. The predicted molar refractivity (Wildman–Crippen MR) is 107 cm³/mol. The summed E-state index contributed by atoms with van der Waals surface area (Å²) in [6.07, 6.45) is 0. The van der Waals surface area contributed by atoms with Crippen molar-refractivity contribution in [2.75, 3.05) is 0 Å². The monoisotopic (exact) mass is 416 g/mol. The lowest BCUT2D eigenvalue weighted by Crippen LogP contribution is -1.82. The molecule has 1 N–H and O–H groups in total. The minimum absolute atomic E-state index is 0.187. The van der Waals surface area contributed by atoms with E-state index in [1.165, 1.54) is 0 Å². The number of phenols is 1.